The van der Waals surface area contributed by atoms with Crippen molar-refractivity contribution < 1.29 is 4.74 Å². The molecule has 5 nitrogen and oxygen atoms in total. The first kappa shape index (κ1) is 16.7. The second-order valence-corrected chi connectivity index (χ2v) is 6.15. The van der Waals surface area contributed by atoms with Crippen LogP contribution in [-0.4, -0.2) is 30.2 Å². The maximum atomic E-state index is 5.12. The molecule has 0 atom stereocenters. The summed E-state index contributed by atoms with van der Waals surface area (Å²) < 4.78 is 5.12. The molecule has 0 fully saturated rings. The van der Waals surface area contributed by atoms with Crippen molar-refractivity contribution >= 4 is 11.6 Å². The number of anilines is 2. The van der Waals surface area contributed by atoms with E-state index in [2.05, 4.69) is 48.3 Å². The number of rotatable bonds is 8. The van der Waals surface area contributed by atoms with Gasteiger partial charge in [-0.05, 0) is 18.3 Å². The average molecular weight is 280 g/mol. The van der Waals surface area contributed by atoms with Crippen LogP contribution < -0.4 is 10.6 Å². The summed E-state index contributed by atoms with van der Waals surface area (Å²) in [5, 5.41) is 6.66. The third-order valence-electron chi connectivity index (χ3n) is 2.78. The SMILES string of the molecule is CCCNc1cc(NCCC(C)(C)C)nc(COC)n1. The van der Waals surface area contributed by atoms with Gasteiger partial charge >= 0.3 is 0 Å². The molecule has 0 amide bonds. The molecule has 1 aromatic heterocycles. The topological polar surface area (TPSA) is 59.1 Å². The number of hydrogen-bond acceptors (Lipinski definition) is 5. The van der Waals surface area contributed by atoms with Gasteiger partial charge in [0.15, 0.2) is 5.82 Å². The quantitative estimate of drug-likeness (QED) is 0.765. The molecule has 0 saturated heterocycles. The van der Waals surface area contributed by atoms with Crippen LogP contribution in [0.4, 0.5) is 11.6 Å². The first-order chi connectivity index (χ1) is 9.44. The molecule has 1 rings (SSSR count). The lowest BCUT2D eigenvalue weighted by Crippen LogP contribution is -2.15. The van der Waals surface area contributed by atoms with Gasteiger partial charge in [0.05, 0.1) is 0 Å². The molecule has 0 aliphatic heterocycles. The fourth-order valence-electron chi connectivity index (χ4n) is 1.69. The molecular formula is C15H28N4O. The fraction of sp³-hybridized carbons (Fsp3) is 0.733. The highest BCUT2D eigenvalue weighted by molar-refractivity contribution is 5.47. The number of nitrogens with zero attached hydrogens (tertiary/aromatic N) is 2. The Bertz CT molecular complexity index is 401. The summed E-state index contributed by atoms with van der Waals surface area (Å²) in [6.07, 6.45) is 2.16. The van der Waals surface area contributed by atoms with Crippen molar-refractivity contribution in [2.45, 2.75) is 47.1 Å². The number of hydrogen-bond donors (Lipinski definition) is 2. The van der Waals surface area contributed by atoms with Crippen LogP contribution in [0.1, 0.15) is 46.4 Å². The summed E-state index contributed by atoms with van der Waals surface area (Å²) >= 11 is 0. The van der Waals surface area contributed by atoms with Gasteiger partial charge in [-0.3, -0.25) is 0 Å². The minimum Gasteiger partial charge on any atom is -0.377 e. The number of ether oxygens (including phenoxy) is 1. The molecule has 0 saturated carbocycles. The zero-order chi connectivity index (χ0) is 15.0. The smallest absolute Gasteiger partial charge is 0.158 e. The fourth-order valence-corrected chi connectivity index (χ4v) is 1.69. The number of methoxy groups -OCH3 is 1. The lowest BCUT2D eigenvalue weighted by molar-refractivity contribution is 0.178. The van der Waals surface area contributed by atoms with Gasteiger partial charge in [-0.15, -0.1) is 0 Å². The van der Waals surface area contributed by atoms with E-state index < -0.39 is 0 Å². The van der Waals surface area contributed by atoms with E-state index in [1.54, 1.807) is 7.11 Å². The van der Waals surface area contributed by atoms with Crippen molar-refractivity contribution in [1.82, 2.24) is 9.97 Å². The standard InChI is InChI=1S/C15H28N4O/c1-6-8-16-12-10-13(17-9-7-15(2,3)4)19-14(18-12)11-20-5/h10H,6-9,11H2,1-5H3,(H2,16,17,18,19). The monoisotopic (exact) mass is 280 g/mol. The summed E-state index contributed by atoms with van der Waals surface area (Å²) in [6.45, 7) is 11.1. The molecule has 0 aliphatic carbocycles. The van der Waals surface area contributed by atoms with Gasteiger partial charge in [0, 0.05) is 26.3 Å². The summed E-state index contributed by atoms with van der Waals surface area (Å²) in [5.74, 6) is 2.41. The van der Waals surface area contributed by atoms with E-state index in [4.69, 9.17) is 4.74 Å². The molecule has 0 spiro atoms. The average Bonchev–Trinajstić information content (AvgIpc) is 2.35. The van der Waals surface area contributed by atoms with Gasteiger partial charge in [0.1, 0.15) is 18.2 Å². The Kier molecular flexibility index (Phi) is 6.71. The van der Waals surface area contributed by atoms with Crippen molar-refractivity contribution in [2.24, 2.45) is 5.41 Å². The first-order valence-electron chi connectivity index (χ1n) is 7.29. The van der Waals surface area contributed by atoms with Crippen molar-refractivity contribution in [3.05, 3.63) is 11.9 Å². The molecule has 114 valence electrons. The highest BCUT2D eigenvalue weighted by Gasteiger charge is 2.10. The summed E-state index contributed by atoms with van der Waals surface area (Å²) in [6, 6.07) is 1.96. The molecule has 0 radical (unpaired) electrons. The van der Waals surface area contributed by atoms with Crippen molar-refractivity contribution in [2.75, 3.05) is 30.8 Å². The molecule has 0 bridgehead atoms. The van der Waals surface area contributed by atoms with Crippen LogP contribution in [0.15, 0.2) is 6.07 Å². The van der Waals surface area contributed by atoms with E-state index in [1.807, 2.05) is 6.07 Å². The van der Waals surface area contributed by atoms with Crippen LogP contribution in [0.3, 0.4) is 0 Å². The molecule has 20 heavy (non-hydrogen) atoms. The molecule has 5 heteroatoms. The Morgan fingerprint density at radius 3 is 2.20 bits per heavy atom. The molecule has 0 aromatic carbocycles. The minimum absolute atomic E-state index is 0.318. The van der Waals surface area contributed by atoms with E-state index in [9.17, 15) is 0 Å². The van der Waals surface area contributed by atoms with Crippen molar-refractivity contribution in [1.29, 1.82) is 0 Å². The normalized spacial score (nSPS) is 11.4. The summed E-state index contributed by atoms with van der Waals surface area (Å²) in [4.78, 5) is 8.89. The van der Waals surface area contributed by atoms with E-state index in [1.165, 1.54) is 0 Å². The van der Waals surface area contributed by atoms with Crippen LogP contribution >= 0.6 is 0 Å². The van der Waals surface area contributed by atoms with Crippen LogP contribution in [0, 0.1) is 5.41 Å². The van der Waals surface area contributed by atoms with Crippen LogP contribution in [0.5, 0.6) is 0 Å². The van der Waals surface area contributed by atoms with Gasteiger partial charge in [-0.25, -0.2) is 9.97 Å². The van der Waals surface area contributed by atoms with Crippen LogP contribution in [0.2, 0.25) is 0 Å². The van der Waals surface area contributed by atoms with Crippen molar-refractivity contribution in [3.63, 3.8) is 0 Å². The highest BCUT2D eigenvalue weighted by Crippen LogP contribution is 2.19. The molecule has 1 heterocycles. The Morgan fingerprint density at radius 2 is 1.70 bits per heavy atom. The Labute approximate surface area is 122 Å². The number of aromatic nitrogens is 2. The van der Waals surface area contributed by atoms with E-state index >= 15 is 0 Å². The van der Waals surface area contributed by atoms with E-state index in [0.29, 0.717) is 17.8 Å². The lowest BCUT2D eigenvalue weighted by atomic mass is 9.92. The first-order valence-corrected chi connectivity index (χ1v) is 7.29. The van der Waals surface area contributed by atoms with Crippen LogP contribution in [0.25, 0.3) is 0 Å². The van der Waals surface area contributed by atoms with E-state index in [-0.39, 0.29) is 0 Å². The lowest BCUT2D eigenvalue weighted by Gasteiger charge is -2.18. The van der Waals surface area contributed by atoms with Crippen molar-refractivity contribution in [3.8, 4) is 0 Å². The maximum absolute atomic E-state index is 5.12. The van der Waals surface area contributed by atoms with Gasteiger partial charge in [0.2, 0.25) is 0 Å². The van der Waals surface area contributed by atoms with E-state index in [0.717, 1.165) is 37.6 Å². The minimum atomic E-state index is 0.318. The molecule has 2 N–H and O–H groups in total. The predicted octanol–water partition coefficient (Wildman–Crippen LogP) is 3.29. The largest absolute Gasteiger partial charge is 0.377 e. The molecular weight excluding hydrogens is 252 g/mol. The van der Waals surface area contributed by atoms with Gasteiger partial charge < -0.3 is 15.4 Å². The maximum Gasteiger partial charge on any atom is 0.158 e. The molecule has 1 aromatic rings. The molecule has 0 aliphatic rings. The third kappa shape index (κ3) is 6.70. The zero-order valence-corrected chi connectivity index (χ0v) is 13.4. The Morgan fingerprint density at radius 1 is 1.10 bits per heavy atom. The Balaban J connectivity index is 2.69. The van der Waals surface area contributed by atoms with Gasteiger partial charge in [-0.2, -0.15) is 0 Å². The zero-order valence-electron chi connectivity index (χ0n) is 13.4. The highest BCUT2D eigenvalue weighted by atomic mass is 16.5. The predicted molar refractivity (Wildman–Crippen MR) is 84.1 cm³/mol. The second kappa shape index (κ2) is 8.04. The Hall–Kier alpha value is -1.36. The summed E-state index contributed by atoms with van der Waals surface area (Å²) in [7, 11) is 1.65. The summed E-state index contributed by atoms with van der Waals surface area (Å²) in [5.41, 5.74) is 0.318. The van der Waals surface area contributed by atoms with Gasteiger partial charge in [0.25, 0.3) is 0 Å². The number of nitrogens with one attached hydrogen (secondary N) is 2. The third-order valence-corrected chi connectivity index (χ3v) is 2.78. The second-order valence-electron chi connectivity index (χ2n) is 6.15. The van der Waals surface area contributed by atoms with Crippen LogP contribution in [-0.2, 0) is 11.3 Å². The van der Waals surface area contributed by atoms with Gasteiger partial charge in [-0.1, -0.05) is 27.7 Å². The molecule has 0 unspecified atom stereocenters.